The maximum Gasteiger partial charge on any atom is 0.127 e. The molecule has 3 atom stereocenters. The number of hydrogen-bond donors (Lipinski definition) is 1. The molecule has 2 fully saturated rings. The number of ether oxygens (including phenoxy) is 1. The number of likely N-dealkylation sites (tertiary alicyclic amines) is 1. The number of rotatable bonds is 3. The SMILES string of the molecule is C[C@]1(O)CCOC[C@H]1[C@H]1CCCN1Cc1cc(C#N)ccc1F. The first-order valence-corrected chi connectivity index (χ1v) is 8.24. The minimum Gasteiger partial charge on any atom is -0.390 e. The molecule has 0 radical (unpaired) electrons. The van der Waals surface area contributed by atoms with Gasteiger partial charge in [0.1, 0.15) is 5.82 Å². The van der Waals surface area contributed by atoms with Crippen LogP contribution in [-0.4, -0.2) is 41.4 Å². The Bertz CT molecular complexity index is 612. The van der Waals surface area contributed by atoms with Crippen molar-refractivity contribution in [2.75, 3.05) is 19.8 Å². The van der Waals surface area contributed by atoms with E-state index < -0.39 is 5.60 Å². The number of halogens is 1. The van der Waals surface area contributed by atoms with Crippen LogP contribution >= 0.6 is 0 Å². The molecule has 2 aliphatic rings. The van der Waals surface area contributed by atoms with Gasteiger partial charge in [-0.3, -0.25) is 4.90 Å². The molecule has 1 aromatic rings. The van der Waals surface area contributed by atoms with Gasteiger partial charge in [-0.25, -0.2) is 4.39 Å². The summed E-state index contributed by atoms with van der Waals surface area (Å²) in [5, 5.41) is 19.7. The van der Waals surface area contributed by atoms with Crippen molar-refractivity contribution >= 4 is 0 Å². The van der Waals surface area contributed by atoms with E-state index in [0.717, 1.165) is 19.4 Å². The van der Waals surface area contributed by atoms with Gasteiger partial charge < -0.3 is 9.84 Å². The summed E-state index contributed by atoms with van der Waals surface area (Å²) in [4.78, 5) is 2.23. The summed E-state index contributed by atoms with van der Waals surface area (Å²) in [6.07, 6.45) is 2.67. The van der Waals surface area contributed by atoms with Gasteiger partial charge in [0.05, 0.1) is 23.8 Å². The van der Waals surface area contributed by atoms with Crippen LogP contribution in [0, 0.1) is 23.1 Å². The molecule has 1 N–H and O–H groups in total. The predicted octanol–water partition coefficient (Wildman–Crippen LogP) is 2.45. The number of nitriles is 1. The first-order valence-electron chi connectivity index (χ1n) is 8.24. The fourth-order valence-corrected chi connectivity index (χ4v) is 3.87. The van der Waals surface area contributed by atoms with Crippen molar-refractivity contribution < 1.29 is 14.2 Å². The first-order chi connectivity index (χ1) is 11.0. The van der Waals surface area contributed by atoms with E-state index >= 15 is 0 Å². The molecular formula is C18H23FN2O2. The van der Waals surface area contributed by atoms with Crippen LogP contribution in [0.5, 0.6) is 0 Å². The molecule has 4 nitrogen and oxygen atoms in total. The van der Waals surface area contributed by atoms with Crippen LogP contribution in [-0.2, 0) is 11.3 Å². The van der Waals surface area contributed by atoms with Crippen LogP contribution in [0.25, 0.3) is 0 Å². The number of aliphatic hydroxyl groups is 1. The van der Waals surface area contributed by atoms with Crippen LogP contribution in [0.1, 0.15) is 37.3 Å². The van der Waals surface area contributed by atoms with Crippen LogP contribution in [0.2, 0.25) is 0 Å². The molecule has 0 saturated carbocycles. The largest absolute Gasteiger partial charge is 0.390 e. The summed E-state index contributed by atoms with van der Waals surface area (Å²) >= 11 is 0. The van der Waals surface area contributed by atoms with Gasteiger partial charge in [-0.15, -0.1) is 0 Å². The molecular weight excluding hydrogens is 295 g/mol. The van der Waals surface area contributed by atoms with Crippen LogP contribution in [0.3, 0.4) is 0 Å². The lowest BCUT2D eigenvalue weighted by Crippen LogP contribution is -2.52. The van der Waals surface area contributed by atoms with Crippen molar-refractivity contribution in [1.82, 2.24) is 4.90 Å². The zero-order valence-electron chi connectivity index (χ0n) is 13.5. The fourth-order valence-electron chi connectivity index (χ4n) is 3.87. The quantitative estimate of drug-likeness (QED) is 0.930. The third kappa shape index (κ3) is 3.40. The maximum atomic E-state index is 14.1. The minimum atomic E-state index is -0.738. The monoisotopic (exact) mass is 318 g/mol. The van der Waals surface area contributed by atoms with Crippen LogP contribution in [0.15, 0.2) is 18.2 Å². The van der Waals surface area contributed by atoms with E-state index in [9.17, 15) is 9.50 Å². The van der Waals surface area contributed by atoms with Crippen molar-refractivity contribution in [3.63, 3.8) is 0 Å². The van der Waals surface area contributed by atoms with Crippen molar-refractivity contribution in [2.45, 2.75) is 44.4 Å². The Labute approximate surface area is 136 Å². The Morgan fingerprint density at radius 1 is 1.52 bits per heavy atom. The number of nitrogens with zero attached hydrogens (tertiary/aromatic N) is 2. The summed E-state index contributed by atoms with van der Waals surface area (Å²) in [6.45, 7) is 4.38. The summed E-state index contributed by atoms with van der Waals surface area (Å²) in [7, 11) is 0. The molecule has 0 spiro atoms. The molecule has 5 heteroatoms. The standard InChI is InChI=1S/C18H23FN2O2/c1-18(22)6-8-23-12-15(18)17-3-2-7-21(17)11-14-9-13(10-20)4-5-16(14)19/h4-5,9,15,17,22H,2-3,6-8,11-12H2,1H3/t15-,17+,18-/m0/s1. The second-order valence-electron chi connectivity index (χ2n) is 6.89. The van der Waals surface area contributed by atoms with Crippen LogP contribution < -0.4 is 0 Å². The second-order valence-corrected chi connectivity index (χ2v) is 6.89. The van der Waals surface area contributed by atoms with Crippen molar-refractivity contribution in [2.24, 2.45) is 5.92 Å². The highest BCUT2D eigenvalue weighted by Gasteiger charge is 2.44. The van der Waals surface area contributed by atoms with E-state index in [-0.39, 0.29) is 17.8 Å². The third-order valence-corrected chi connectivity index (χ3v) is 5.28. The fraction of sp³-hybridized carbons (Fsp3) is 0.611. The summed E-state index contributed by atoms with van der Waals surface area (Å²) < 4.78 is 19.7. The molecule has 0 aromatic heterocycles. The van der Waals surface area contributed by atoms with E-state index in [2.05, 4.69) is 11.0 Å². The summed E-state index contributed by atoms with van der Waals surface area (Å²) in [5.41, 5.74) is 0.288. The first kappa shape index (κ1) is 16.4. The van der Waals surface area contributed by atoms with Crippen molar-refractivity contribution in [1.29, 1.82) is 5.26 Å². The maximum absolute atomic E-state index is 14.1. The van der Waals surface area contributed by atoms with Gasteiger partial charge in [-0.05, 0) is 50.9 Å². The van der Waals surface area contributed by atoms with Gasteiger partial charge in [0.25, 0.3) is 0 Å². The molecule has 3 rings (SSSR count). The average molecular weight is 318 g/mol. The number of hydrogen-bond acceptors (Lipinski definition) is 4. The lowest BCUT2D eigenvalue weighted by Gasteiger charge is -2.43. The smallest absolute Gasteiger partial charge is 0.127 e. The molecule has 124 valence electrons. The Hall–Kier alpha value is -1.48. The molecule has 0 amide bonds. The molecule has 0 bridgehead atoms. The molecule has 2 heterocycles. The summed E-state index contributed by atoms with van der Waals surface area (Å²) in [5.74, 6) is -0.234. The predicted molar refractivity (Wildman–Crippen MR) is 84.1 cm³/mol. The molecule has 0 aliphatic carbocycles. The van der Waals surface area contributed by atoms with Crippen LogP contribution in [0.4, 0.5) is 4.39 Å². The van der Waals surface area contributed by atoms with E-state index in [4.69, 9.17) is 10.00 Å². The van der Waals surface area contributed by atoms with Gasteiger partial charge in [-0.2, -0.15) is 5.26 Å². The Morgan fingerprint density at radius 2 is 2.35 bits per heavy atom. The van der Waals surface area contributed by atoms with E-state index in [0.29, 0.717) is 37.3 Å². The second kappa shape index (κ2) is 6.56. The highest BCUT2D eigenvalue weighted by atomic mass is 19.1. The number of benzene rings is 1. The molecule has 1 aromatic carbocycles. The normalized spacial score (nSPS) is 31.9. The van der Waals surface area contributed by atoms with Crippen molar-refractivity contribution in [3.05, 3.63) is 35.1 Å². The Morgan fingerprint density at radius 3 is 3.09 bits per heavy atom. The lowest BCUT2D eigenvalue weighted by molar-refractivity contribution is -0.123. The lowest BCUT2D eigenvalue weighted by atomic mass is 9.79. The van der Waals surface area contributed by atoms with E-state index in [1.165, 1.54) is 12.1 Å². The average Bonchev–Trinajstić information content (AvgIpc) is 2.97. The molecule has 0 unspecified atom stereocenters. The minimum absolute atomic E-state index is 0.0426. The molecule has 23 heavy (non-hydrogen) atoms. The highest BCUT2D eigenvalue weighted by Crippen LogP contribution is 2.36. The molecule has 2 saturated heterocycles. The van der Waals surface area contributed by atoms with Crippen molar-refractivity contribution in [3.8, 4) is 6.07 Å². The van der Waals surface area contributed by atoms with Gasteiger partial charge in [0.15, 0.2) is 0 Å². The highest BCUT2D eigenvalue weighted by molar-refractivity contribution is 5.33. The van der Waals surface area contributed by atoms with Gasteiger partial charge in [-0.1, -0.05) is 0 Å². The zero-order chi connectivity index (χ0) is 16.4. The van der Waals surface area contributed by atoms with Gasteiger partial charge in [0.2, 0.25) is 0 Å². The third-order valence-electron chi connectivity index (χ3n) is 5.28. The Kier molecular flexibility index (Phi) is 4.67. The van der Waals surface area contributed by atoms with E-state index in [1.54, 1.807) is 6.07 Å². The topological polar surface area (TPSA) is 56.5 Å². The van der Waals surface area contributed by atoms with Gasteiger partial charge in [0, 0.05) is 30.7 Å². The molecule has 2 aliphatic heterocycles. The Balaban J connectivity index is 1.78. The summed E-state index contributed by atoms with van der Waals surface area (Å²) in [6, 6.07) is 6.74. The van der Waals surface area contributed by atoms with Gasteiger partial charge >= 0.3 is 0 Å². The zero-order valence-corrected chi connectivity index (χ0v) is 13.5. The van der Waals surface area contributed by atoms with E-state index in [1.807, 2.05) is 6.92 Å².